The molecule has 142 valence electrons. The van der Waals surface area contributed by atoms with Crippen molar-refractivity contribution in [2.45, 2.75) is 64.0 Å². The van der Waals surface area contributed by atoms with Gasteiger partial charge < -0.3 is 10.1 Å². The van der Waals surface area contributed by atoms with Crippen molar-refractivity contribution < 1.29 is 18.3 Å². The van der Waals surface area contributed by atoms with Crippen LogP contribution in [0.3, 0.4) is 0 Å². The van der Waals surface area contributed by atoms with Gasteiger partial charge in [-0.1, -0.05) is 0 Å². The molecule has 1 aliphatic rings. The van der Waals surface area contributed by atoms with Crippen LogP contribution in [0.25, 0.3) is 5.65 Å². The Bertz CT molecular complexity index is 742. The van der Waals surface area contributed by atoms with E-state index < -0.39 is 23.7 Å². The van der Waals surface area contributed by atoms with Crippen LogP contribution < -0.4 is 5.32 Å². The average molecular weight is 366 g/mol. The lowest BCUT2D eigenvalue weighted by atomic mass is 9.81. The summed E-state index contributed by atoms with van der Waals surface area (Å²) in [6, 6.07) is 3.07. The lowest BCUT2D eigenvalue weighted by Crippen LogP contribution is -2.40. The van der Waals surface area contributed by atoms with Gasteiger partial charge in [-0.25, -0.2) is 23.1 Å². The molecule has 2 aromatic rings. The Kier molecular flexibility index (Phi) is 4.86. The largest absolute Gasteiger partial charge is 0.444 e. The van der Waals surface area contributed by atoms with Crippen molar-refractivity contribution in [3.8, 4) is 0 Å². The van der Waals surface area contributed by atoms with E-state index in [0.29, 0.717) is 24.2 Å². The van der Waals surface area contributed by atoms with Gasteiger partial charge in [0.05, 0.1) is 17.9 Å². The maximum atomic E-state index is 13.6. The van der Waals surface area contributed by atoms with Gasteiger partial charge in [-0.15, -0.1) is 0 Å². The maximum absolute atomic E-state index is 13.6. The van der Waals surface area contributed by atoms with Crippen LogP contribution in [0.4, 0.5) is 13.6 Å². The minimum Gasteiger partial charge on any atom is -0.444 e. The Morgan fingerprint density at radius 3 is 2.69 bits per heavy atom. The van der Waals surface area contributed by atoms with Crippen LogP contribution in [0.2, 0.25) is 0 Å². The molecule has 2 heterocycles. The fraction of sp³-hybridized carbons (Fsp3) is 0.611. The second-order valence-electron chi connectivity index (χ2n) is 7.81. The van der Waals surface area contributed by atoms with Gasteiger partial charge in [0.15, 0.2) is 5.65 Å². The minimum atomic E-state index is -2.63. The second-order valence-corrected chi connectivity index (χ2v) is 7.81. The van der Waals surface area contributed by atoms with Crippen LogP contribution >= 0.6 is 0 Å². The summed E-state index contributed by atoms with van der Waals surface area (Å²) in [6.45, 7) is 5.33. The van der Waals surface area contributed by atoms with Crippen molar-refractivity contribution in [2.75, 3.05) is 0 Å². The molecule has 1 atom stereocenters. The van der Waals surface area contributed by atoms with Gasteiger partial charge in [0.1, 0.15) is 5.60 Å². The number of rotatable bonds is 3. The number of halogens is 2. The minimum absolute atomic E-state index is 0.132. The number of alkyl halides is 2. The zero-order valence-electron chi connectivity index (χ0n) is 15.2. The first kappa shape index (κ1) is 18.5. The Hall–Kier alpha value is -2.25. The average Bonchev–Trinajstić information content (AvgIpc) is 2.95. The molecule has 1 fully saturated rings. The Morgan fingerprint density at radius 1 is 1.38 bits per heavy atom. The lowest BCUT2D eigenvalue weighted by molar-refractivity contribution is -0.0500. The number of carbonyl (C=O) groups is 1. The van der Waals surface area contributed by atoms with E-state index >= 15 is 0 Å². The van der Waals surface area contributed by atoms with Crippen molar-refractivity contribution in [1.82, 2.24) is 19.9 Å². The van der Waals surface area contributed by atoms with E-state index in [-0.39, 0.29) is 18.8 Å². The molecule has 0 aromatic carbocycles. The summed E-state index contributed by atoms with van der Waals surface area (Å²) >= 11 is 0. The van der Waals surface area contributed by atoms with Crippen molar-refractivity contribution in [3.05, 3.63) is 30.2 Å². The quantitative estimate of drug-likeness (QED) is 0.887. The summed E-state index contributed by atoms with van der Waals surface area (Å²) < 4.78 is 34.1. The van der Waals surface area contributed by atoms with Crippen LogP contribution in [-0.4, -0.2) is 32.2 Å². The molecule has 1 amide bonds. The van der Waals surface area contributed by atoms with Gasteiger partial charge in [-0.3, -0.25) is 0 Å². The summed E-state index contributed by atoms with van der Waals surface area (Å²) in [6.07, 6.45) is 3.04. The first-order valence-corrected chi connectivity index (χ1v) is 8.81. The fourth-order valence-electron chi connectivity index (χ4n) is 3.26. The van der Waals surface area contributed by atoms with Crippen molar-refractivity contribution in [2.24, 2.45) is 5.92 Å². The van der Waals surface area contributed by atoms with Crippen molar-refractivity contribution >= 4 is 11.7 Å². The van der Waals surface area contributed by atoms with E-state index in [9.17, 15) is 13.6 Å². The van der Waals surface area contributed by atoms with E-state index in [0.717, 1.165) is 0 Å². The number of carbonyl (C=O) groups excluding carboxylic acids is 1. The molecule has 1 N–H and O–H groups in total. The maximum Gasteiger partial charge on any atom is 0.408 e. The normalized spacial score (nSPS) is 19.3. The third-order valence-electron chi connectivity index (χ3n) is 4.48. The summed E-state index contributed by atoms with van der Waals surface area (Å²) in [5, 5.41) is 7.02. The molecule has 0 aliphatic heterocycles. The SMILES string of the molecule is CC(C)(C)OC(=O)N[C@H](c1cn2ncccc2n1)C1CCC(F)(F)CC1. The number of nitrogens with one attached hydrogen (secondary N) is 1. The van der Waals surface area contributed by atoms with Crippen molar-refractivity contribution in [3.63, 3.8) is 0 Å². The number of imidazole rings is 1. The number of hydrogen-bond acceptors (Lipinski definition) is 4. The van der Waals surface area contributed by atoms with Gasteiger partial charge >= 0.3 is 6.09 Å². The summed E-state index contributed by atoms with van der Waals surface area (Å²) in [4.78, 5) is 16.8. The predicted octanol–water partition coefficient (Wildman–Crippen LogP) is 4.12. The molecule has 1 aliphatic carbocycles. The fourth-order valence-corrected chi connectivity index (χ4v) is 3.26. The van der Waals surface area contributed by atoms with Crippen LogP contribution in [0, 0.1) is 5.92 Å². The molecule has 0 spiro atoms. The molecule has 6 nitrogen and oxygen atoms in total. The number of amides is 1. The van der Waals surface area contributed by atoms with Crippen LogP contribution in [0.5, 0.6) is 0 Å². The molecule has 1 saturated carbocycles. The number of alkyl carbamates (subject to hydrolysis) is 1. The number of hydrogen-bond donors (Lipinski definition) is 1. The molecule has 0 unspecified atom stereocenters. The number of fused-ring (bicyclic) bond motifs is 1. The predicted molar refractivity (Wildman–Crippen MR) is 92.0 cm³/mol. The van der Waals surface area contributed by atoms with Crippen LogP contribution in [0.15, 0.2) is 24.5 Å². The molecular weight excluding hydrogens is 342 g/mol. The highest BCUT2D eigenvalue weighted by molar-refractivity contribution is 5.68. The van der Waals surface area contributed by atoms with Gasteiger partial charge in [0.25, 0.3) is 0 Å². The lowest BCUT2D eigenvalue weighted by Gasteiger charge is -2.33. The second kappa shape index (κ2) is 6.81. The summed E-state index contributed by atoms with van der Waals surface area (Å²) in [7, 11) is 0. The van der Waals surface area contributed by atoms with Gasteiger partial charge in [0.2, 0.25) is 5.92 Å². The van der Waals surface area contributed by atoms with Crippen LogP contribution in [0.1, 0.15) is 58.2 Å². The topological polar surface area (TPSA) is 68.5 Å². The Balaban J connectivity index is 1.84. The van der Waals surface area contributed by atoms with Gasteiger partial charge in [-0.2, -0.15) is 5.10 Å². The Morgan fingerprint density at radius 2 is 2.08 bits per heavy atom. The van der Waals surface area contributed by atoms with E-state index in [1.165, 1.54) is 0 Å². The molecule has 0 radical (unpaired) electrons. The highest BCUT2D eigenvalue weighted by Gasteiger charge is 2.39. The van der Waals surface area contributed by atoms with Crippen molar-refractivity contribution in [1.29, 1.82) is 0 Å². The van der Waals surface area contributed by atoms with E-state index in [2.05, 4.69) is 15.4 Å². The third-order valence-corrected chi connectivity index (χ3v) is 4.48. The Labute approximate surface area is 150 Å². The zero-order valence-corrected chi connectivity index (χ0v) is 15.2. The monoisotopic (exact) mass is 366 g/mol. The highest BCUT2D eigenvalue weighted by Crippen LogP contribution is 2.41. The first-order valence-electron chi connectivity index (χ1n) is 8.81. The van der Waals surface area contributed by atoms with E-state index in [1.54, 1.807) is 49.8 Å². The standard InChI is InChI=1S/C18H24F2N4O2/c1-17(2,3)26-16(25)23-15(12-6-8-18(19,20)9-7-12)13-11-24-14(22-13)5-4-10-21-24/h4-5,10-12,15H,6-9H2,1-3H3,(H,23,25)/t15-/m0/s1. The highest BCUT2D eigenvalue weighted by atomic mass is 19.3. The first-order chi connectivity index (χ1) is 12.1. The summed E-state index contributed by atoms with van der Waals surface area (Å²) in [5.74, 6) is -2.76. The molecule has 2 aromatic heterocycles. The molecular formula is C18H24F2N4O2. The molecule has 0 bridgehead atoms. The van der Waals surface area contributed by atoms with E-state index in [4.69, 9.17) is 4.74 Å². The number of nitrogens with zero attached hydrogens (tertiary/aromatic N) is 3. The van der Waals surface area contributed by atoms with Gasteiger partial charge in [0, 0.05) is 19.0 Å². The number of ether oxygens (including phenoxy) is 1. The molecule has 8 heteroatoms. The molecule has 3 rings (SSSR count). The summed E-state index contributed by atoms with van der Waals surface area (Å²) in [5.41, 5.74) is 0.596. The van der Waals surface area contributed by atoms with Crippen LogP contribution in [-0.2, 0) is 4.74 Å². The molecule has 0 saturated heterocycles. The number of aromatic nitrogens is 3. The zero-order chi connectivity index (χ0) is 18.9. The third kappa shape index (κ3) is 4.47. The van der Waals surface area contributed by atoms with E-state index in [1.807, 2.05) is 0 Å². The smallest absolute Gasteiger partial charge is 0.408 e. The molecule has 26 heavy (non-hydrogen) atoms. The van der Waals surface area contributed by atoms with Gasteiger partial charge in [-0.05, 0) is 51.7 Å².